The standard InChI is InChI=1S/C15H15IN2O3/c1-8(14(19)20)13-9(2)17-15(21)18(10(13)3)12-6-4-5-11(16)7-12/h4-8H,1-3H3,(H,19,20). The van der Waals surface area contributed by atoms with Gasteiger partial charge in [-0.05, 0) is 61.6 Å². The molecule has 2 rings (SSSR count). The summed E-state index contributed by atoms with van der Waals surface area (Å²) in [5.41, 5.74) is 1.96. The first-order valence-electron chi connectivity index (χ1n) is 6.41. The van der Waals surface area contributed by atoms with Crippen LogP contribution in [0.15, 0.2) is 29.1 Å². The van der Waals surface area contributed by atoms with Crippen molar-refractivity contribution in [2.75, 3.05) is 0 Å². The highest BCUT2D eigenvalue weighted by Gasteiger charge is 2.22. The van der Waals surface area contributed by atoms with Crippen molar-refractivity contribution in [2.24, 2.45) is 0 Å². The molecule has 6 heteroatoms. The van der Waals surface area contributed by atoms with Crippen LogP contribution in [0, 0.1) is 17.4 Å². The van der Waals surface area contributed by atoms with Gasteiger partial charge in [0.25, 0.3) is 0 Å². The summed E-state index contributed by atoms with van der Waals surface area (Å²) in [4.78, 5) is 27.5. The third kappa shape index (κ3) is 2.99. The first-order valence-corrected chi connectivity index (χ1v) is 7.49. The number of carboxylic acid groups (broad SMARTS) is 1. The molecule has 1 heterocycles. The topological polar surface area (TPSA) is 72.2 Å². The summed E-state index contributed by atoms with van der Waals surface area (Å²) in [6.07, 6.45) is 0. The van der Waals surface area contributed by atoms with Crippen LogP contribution in [0.1, 0.15) is 29.8 Å². The lowest BCUT2D eigenvalue weighted by atomic mass is 9.98. The van der Waals surface area contributed by atoms with Crippen molar-refractivity contribution in [3.8, 4) is 5.69 Å². The third-order valence-electron chi connectivity index (χ3n) is 3.44. The van der Waals surface area contributed by atoms with Crippen LogP contribution in [0.5, 0.6) is 0 Å². The molecule has 21 heavy (non-hydrogen) atoms. The Morgan fingerprint density at radius 2 is 2.05 bits per heavy atom. The van der Waals surface area contributed by atoms with Gasteiger partial charge in [-0.1, -0.05) is 6.07 Å². The first-order chi connectivity index (χ1) is 9.82. The first kappa shape index (κ1) is 15.7. The number of carboxylic acids is 1. The van der Waals surface area contributed by atoms with E-state index in [1.807, 2.05) is 24.3 Å². The summed E-state index contributed by atoms with van der Waals surface area (Å²) in [6, 6.07) is 7.44. The molecule has 0 saturated heterocycles. The van der Waals surface area contributed by atoms with Crippen LogP contribution in [0.4, 0.5) is 0 Å². The van der Waals surface area contributed by atoms with Crippen molar-refractivity contribution in [1.29, 1.82) is 0 Å². The Morgan fingerprint density at radius 3 is 2.62 bits per heavy atom. The summed E-state index contributed by atoms with van der Waals surface area (Å²) in [6.45, 7) is 5.02. The van der Waals surface area contributed by atoms with Crippen molar-refractivity contribution >= 4 is 28.6 Å². The molecule has 0 fully saturated rings. The summed E-state index contributed by atoms with van der Waals surface area (Å²) in [5.74, 6) is -1.65. The second kappa shape index (κ2) is 5.97. The largest absolute Gasteiger partial charge is 0.481 e. The number of hydrogen-bond donors (Lipinski definition) is 1. The normalized spacial score (nSPS) is 12.2. The average molecular weight is 398 g/mol. The van der Waals surface area contributed by atoms with Crippen molar-refractivity contribution < 1.29 is 9.90 Å². The maximum atomic E-state index is 12.2. The Labute approximate surface area is 135 Å². The number of aliphatic carboxylic acids is 1. The van der Waals surface area contributed by atoms with Gasteiger partial charge in [0, 0.05) is 20.5 Å². The molecule has 0 aliphatic rings. The fourth-order valence-electron chi connectivity index (χ4n) is 2.45. The summed E-state index contributed by atoms with van der Waals surface area (Å²) in [5, 5.41) is 9.24. The second-order valence-electron chi connectivity index (χ2n) is 4.85. The maximum absolute atomic E-state index is 12.2. The SMILES string of the molecule is Cc1nc(=O)n(-c2cccc(I)c2)c(C)c1C(C)C(=O)O. The van der Waals surface area contributed by atoms with E-state index in [2.05, 4.69) is 27.6 Å². The van der Waals surface area contributed by atoms with Crippen LogP contribution in [0.2, 0.25) is 0 Å². The van der Waals surface area contributed by atoms with Crippen LogP contribution in [-0.4, -0.2) is 20.6 Å². The van der Waals surface area contributed by atoms with E-state index < -0.39 is 17.6 Å². The van der Waals surface area contributed by atoms with E-state index in [0.717, 1.165) is 3.57 Å². The van der Waals surface area contributed by atoms with Gasteiger partial charge in [0.05, 0.1) is 11.6 Å². The molecule has 0 amide bonds. The van der Waals surface area contributed by atoms with E-state index in [0.29, 0.717) is 22.6 Å². The van der Waals surface area contributed by atoms with Crippen molar-refractivity contribution in [1.82, 2.24) is 9.55 Å². The average Bonchev–Trinajstić information content (AvgIpc) is 2.37. The van der Waals surface area contributed by atoms with Crippen molar-refractivity contribution in [3.63, 3.8) is 0 Å². The zero-order chi connectivity index (χ0) is 15.7. The summed E-state index contributed by atoms with van der Waals surface area (Å²) in [7, 11) is 0. The van der Waals surface area contributed by atoms with Crippen molar-refractivity contribution in [2.45, 2.75) is 26.7 Å². The van der Waals surface area contributed by atoms with Crippen LogP contribution in [0.25, 0.3) is 5.69 Å². The highest BCUT2D eigenvalue weighted by molar-refractivity contribution is 14.1. The fraction of sp³-hybridized carbons (Fsp3) is 0.267. The lowest BCUT2D eigenvalue weighted by Crippen LogP contribution is -2.28. The Balaban J connectivity index is 2.76. The zero-order valence-corrected chi connectivity index (χ0v) is 14.1. The van der Waals surface area contributed by atoms with Gasteiger partial charge < -0.3 is 5.11 Å². The molecule has 0 aliphatic carbocycles. The van der Waals surface area contributed by atoms with E-state index in [1.54, 1.807) is 20.8 Å². The van der Waals surface area contributed by atoms with E-state index in [-0.39, 0.29) is 0 Å². The van der Waals surface area contributed by atoms with E-state index >= 15 is 0 Å². The number of nitrogens with zero attached hydrogens (tertiary/aromatic N) is 2. The molecule has 5 nitrogen and oxygen atoms in total. The molecular formula is C15H15IN2O3. The number of hydrogen-bond acceptors (Lipinski definition) is 3. The van der Waals surface area contributed by atoms with Gasteiger partial charge in [-0.3, -0.25) is 9.36 Å². The Kier molecular flexibility index (Phi) is 4.46. The van der Waals surface area contributed by atoms with Gasteiger partial charge >= 0.3 is 11.7 Å². The fourth-order valence-corrected chi connectivity index (χ4v) is 2.98. The molecular weight excluding hydrogens is 383 g/mol. The Hall–Kier alpha value is -1.70. The minimum Gasteiger partial charge on any atom is -0.481 e. The van der Waals surface area contributed by atoms with Gasteiger partial charge in [-0.25, -0.2) is 4.79 Å². The minimum atomic E-state index is -0.934. The van der Waals surface area contributed by atoms with Gasteiger partial charge in [0.15, 0.2) is 0 Å². The number of benzene rings is 1. The Bertz CT molecular complexity index is 768. The molecule has 2 aromatic rings. The quantitative estimate of drug-likeness (QED) is 0.808. The highest BCUT2D eigenvalue weighted by Crippen LogP contribution is 2.23. The summed E-state index contributed by atoms with van der Waals surface area (Å²) < 4.78 is 2.45. The lowest BCUT2D eigenvalue weighted by Gasteiger charge is -2.18. The number of rotatable bonds is 3. The molecule has 1 aromatic carbocycles. The number of halogens is 1. The molecule has 1 aromatic heterocycles. The molecule has 0 radical (unpaired) electrons. The number of carbonyl (C=O) groups is 1. The molecule has 0 spiro atoms. The third-order valence-corrected chi connectivity index (χ3v) is 4.11. The monoisotopic (exact) mass is 398 g/mol. The van der Waals surface area contributed by atoms with E-state index in [9.17, 15) is 14.7 Å². The van der Waals surface area contributed by atoms with E-state index in [1.165, 1.54) is 4.57 Å². The molecule has 110 valence electrons. The molecule has 0 bridgehead atoms. The minimum absolute atomic E-state index is 0.395. The van der Waals surface area contributed by atoms with Gasteiger partial charge in [-0.15, -0.1) is 0 Å². The van der Waals surface area contributed by atoms with Crippen LogP contribution < -0.4 is 5.69 Å². The Morgan fingerprint density at radius 1 is 1.38 bits per heavy atom. The van der Waals surface area contributed by atoms with Crippen molar-refractivity contribution in [3.05, 3.63) is 55.3 Å². The molecule has 1 N–H and O–H groups in total. The van der Waals surface area contributed by atoms with Crippen LogP contribution >= 0.6 is 22.6 Å². The summed E-state index contributed by atoms with van der Waals surface area (Å²) >= 11 is 2.17. The van der Waals surface area contributed by atoms with Gasteiger partial charge in [0.2, 0.25) is 0 Å². The zero-order valence-electron chi connectivity index (χ0n) is 11.9. The lowest BCUT2D eigenvalue weighted by molar-refractivity contribution is -0.138. The highest BCUT2D eigenvalue weighted by atomic mass is 127. The molecule has 0 saturated carbocycles. The predicted octanol–water partition coefficient (Wildman–Crippen LogP) is 2.64. The second-order valence-corrected chi connectivity index (χ2v) is 6.10. The van der Waals surface area contributed by atoms with Gasteiger partial charge in [-0.2, -0.15) is 4.98 Å². The molecule has 1 unspecified atom stereocenters. The molecule has 0 aliphatic heterocycles. The smallest absolute Gasteiger partial charge is 0.352 e. The van der Waals surface area contributed by atoms with Crippen LogP contribution in [0.3, 0.4) is 0 Å². The predicted molar refractivity (Wildman–Crippen MR) is 88.1 cm³/mol. The number of aromatic nitrogens is 2. The van der Waals surface area contributed by atoms with Crippen LogP contribution in [-0.2, 0) is 4.79 Å². The van der Waals surface area contributed by atoms with Gasteiger partial charge in [0.1, 0.15) is 0 Å². The maximum Gasteiger partial charge on any atom is 0.352 e. The van der Waals surface area contributed by atoms with E-state index in [4.69, 9.17) is 0 Å². The molecule has 1 atom stereocenters. The number of aryl methyl sites for hydroxylation is 1.